The molecular formula is C41H44N4O7. The third-order valence-corrected chi connectivity index (χ3v) is 8.65. The summed E-state index contributed by atoms with van der Waals surface area (Å²) < 4.78 is 11.0. The largest absolute Gasteiger partial charge is 0.459 e. The molecule has 0 heterocycles. The predicted molar refractivity (Wildman–Crippen MR) is 196 cm³/mol. The molecule has 11 nitrogen and oxygen atoms in total. The van der Waals surface area contributed by atoms with Gasteiger partial charge in [0.1, 0.15) is 31.8 Å². The minimum atomic E-state index is -1.05. The van der Waals surface area contributed by atoms with E-state index in [0.29, 0.717) is 6.42 Å². The van der Waals surface area contributed by atoms with Gasteiger partial charge < -0.3 is 30.7 Å². The molecule has 4 amide bonds. The quantitative estimate of drug-likeness (QED) is 0.124. The Hall–Kier alpha value is -5.97. The van der Waals surface area contributed by atoms with Gasteiger partial charge in [-0.1, -0.05) is 123 Å². The molecule has 0 aliphatic heterocycles. The molecule has 52 heavy (non-hydrogen) atoms. The monoisotopic (exact) mass is 704 g/mol. The van der Waals surface area contributed by atoms with Gasteiger partial charge >= 0.3 is 12.1 Å². The van der Waals surface area contributed by atoms with E-state index in [1.807, 2.05) is 123 Å². The Morgan fingerprint density at radius 2 is 1.17 bits per heavy atom. The molecule has 0 saturated heterocycles. The Labute approximate surface area is 303 Å². The van der Waals surface area contributed by atoms with Gasteiger partial charge in [0.15, 0.2) is 0 Å². The number of esters is 1. The topological polar surface area (TPSA) is 152 Å². The van der Waals surface area contributed by atoms with Crippen LogP contribution in [0, 0.1) is 5.92 Å². The number of ether oxygens (including phenoxy) is 2. The zero-order chi connectivity index (χ0) is 36.9. The van der Waals surface area contributed by atoms with Crippen LogP contribution in [0.5, 0.6) is 0 Å². The standard InChI is InChI=1S/C41H44N4O7/c1-27(2)21-36(40(49)51-25-29-15-7-4-8-16-29)45-39(48)35(22-28-13-5-3-6-14-28)44-38(47)24-42-37(46)23-43-41(50)52-26-34-32-19-11-9-17-30(32)31-18-10-12-20-33(31)34/h3-20,27,34-36H,21-26H2,1-2H3,(H,42,46)(H,43,50)(H,44,47)(H,45,48)/t35-,36-/m0/s1. The number of nitrogens with one attached hydrogen (secondary N) is 4. The molecule has 4 aromatic carbocycles. The number of hydrogen-bond donors (Lipinski definition) is 4. The third kappa shape index (κ3) is 10.5. The predicted octanol–water partition coefficient (Wildman–Crippen LogP) is 4.64. The molecule has 0 spiro atoms. The molecule has 2 atom stereocenters. The minimum absolute atomic E-state index is 0.0597. The van der Waals surface area contributed by atoms with Gasteiger partial charge in [-0.25, -0.2) is 9.59 Å². The number of rotatable bonds is 16. The fourth-order valence-electron chi connectivity index (χ4n) is 6.13. The fraction of sp³-hybridized carbons (Fsp3) is 0.293. The Morgan fingerprint density at radius 3 is 1.79 bits per heavy atom. The molecule has 0 aromatic heterocycles. The lowest BCUT2D eigenvalue weighted by molar-refractivity contribution is -0.149. The van der Waals surface area contributed by atoms with Crippen LogP contribution in [-0.4, -0.2) is 61.6 Å². The van der Waals surface area contributed by atoms with Crippen LogP contribution >= 0.6 is 0 Å². The van der Waals surface area contributed by atoms with Gasteiger partial charge in [-0.2, -0.15) is 0 Å². The van der Waals surface area contributed by atoms with Gasteiger partial charge in [0.05, 0.1) is 6.54 Å². The van der Waals surface area contributed by atoms with E-state index in [9.17, 15) is 24.0 Å². The number of fused-ring (bicyclic) bond motifs is 3. The van der Waals surface area contributed by atoms with Crippen molar-refractivity contribution in [3.05, 3.63) is 131 Å². The average molecular weight is 705 g/mol. The van der Waals surface area contributed by atoms with E-state index < -0.39 is 55.0 Å². The highest BCUT2D eigenvalue weighted by atomic mass is 16.5. The average Bonchev–Trinajstić information content (AvgIpc) is 3.48. The van der Waals surface area contributed by atoms with E-state index in [-0.39, 0.29) is 31.5 Å². The third-order valence-electron chi connectivity index (χ3n) is 8.65. The van der Waals surface area contributed by atoms with Crippen molar-refractivity contribution in [1.29, 1.82) is 0 Å². The molecule has 4 N–H and O–H groups in total. The molecule has 270 valence electrons. The van der Waals surface area contributed by atoms with Crippen LogP contribution in [-0.2, 0) is 41.7 Å². The van der Waals surface area contributed by atoms with E-state index in [0.717, 1.165) is 33.4 Å². The minimum Gasteiger partial charge on any atom is -0.459 e. The summed E-state index contributed by atoms with van der Waals surface area (Å²) in [5, 5.41) is 10.3. The van der Waals surface area contributed by atoms with Crippen LogP contribution in [0.4, 0.5) is 4.79 Å². The van der Waals surface area contributed by atoms with Crippen molar-refractivity contribution in [2.24, 2.45) is 5.92 Å². The highest BCUT2D eigenvalue weighted by Gasteiger charge is 2.30. The van der Waals surface area contributed by atoms with E-state index in [1.54, 1.807) is 0 Å². The summed E-state index contributed by atoms with van der Waals surface area (Å²) >= 11 is 0. The summed E-state index contributed by atoms with van der Waals surface area (Å²) in [4.78, 5) is 64.7. The molecule has 4 aromatic rings. The number of carbonyl (C=O) groups excluding carboxylic acids is 5. The summed E-state index contributed by atoms with van der Waals surface area (Å²) in [7, 11) is 0. The summed E-state index contributed by atoms with van der Waals surface area (Å²) in [5.41, 5.74) is 5.94. The Morgan fingerprint density at radius 1 is 0.615 bits per heavy atom. The Balaban J connectivity index is 1.11. The van der Waals surface area contributed by atoms with Crippen LogP contribution < -0.4 is 21.3 Å². The first-order valence-corrected chi connectivity index (χ1v) is 17.4. The van der Waals surface area contributed by atoms with Gasteiger partial charge in [-0.3, -0.25) is 14.4 Å². The molecule has 0 fully saturated rings. The Kier molecular flexibility index (Phi) is 13.1. The maximum Gasteiger partial charge on any atom is 0.407 e. The number of hydrogen-bond acceptors (Lipinski definition) is 7. The van der Waals surface area contributed by atoms with Gasteiger partial charge in [0, 0.05) is 12.3 Å². The van der Waals surface area contributed by atoms with Gasteiger partial charge in [-0.15, -0.1) is 0 Å². The van der Waals surface area contributed by atoms with E-state index in [1.165, 1.54) is 0 Å². The lowest BCUT2D eigenvalue weighted by Gasteiger charge is -2.24. The first kappa shape index (κ1) is 37.3. The van der Waals surface area contributed by atoms with Crippen LogP contribution in [0.2, 0.25) is 0 Å². The highest BCUT2D eigenvalue weighted by molar-refractivity contribution is 5.93. The molecule has 0 unspecified atom stereocenters. The normalized spacial score (nSPS) is 12.8. The molecular weight excluding hydrogens is 660 g/mol. The van der Waals surface area contributed by atoms with E-state index in [2.05, 4.69) is 21.3 Å². The molecule has 5 rings (SSSR count). The first-order chi connectivity index (χ1) is 25.2. The van der Waals surface area contributed by atoms with E-state index >= 15 is 0 Å². The SMILES string of the molecule is CC(C)C[C@H](NC(=O)[C@H](Cc1ccccc1)NC(=O)CNC(=O)CNC(=O)OCC1c2ccccc2-c2ccccc21)C(=O)OCc1ccccc1. The van der Waals surface area contributed by atoms with Crippen molar-refractivity contribution in [3.63, 3.8) is 0 Å². The second kappa shape index (κ2) is 18.3. The van der Waals surface area contributed by atoms with Crippen molar-refractivity contribution in [2.75, 3.05) is 19.7 Å². The van der Waals surface area contributed by atoms with Crippen LogP contribution in [0.25, 0.3) is 11.1 Å². The molecule has 0 saturated carbocycles. The summed E-state index contributed by atoms with van der Waals surface area (Å²) in [5.74, 6) is -2.45. The zero-order valence-corrected chi connectivity index (χ0v) is 29.3. The second-order valence-electron chi connectivity index (χ2n) is 13.0. The molecule has 1 aliphatic rings. The zero-order valence-electron chi connectivity index (χ0n) is 29.3. The smallest absolute Gasteiger partial charge is 0.407 e. The van der Waals surface area contributed by atoms with Gasteiger partial charge in [0.2, 0.25) is 17.7 Å². The summed E-state index contributed by atoms with van der Waals surface area (Å²) in [6.45, 7) is 3.15. The lowest BCUT2D eigenvalue weighted by atomic mass is 9.98. The van der Waals surface area contributed by atoms with Crippen LogP contribution in [0.1, 0.15) is 48.4 Å². The first-order valence-electron chi connectivity index (χ1n) is 17.4. The Bertz CT molecular complexity index is 1800. The fourth-order valence-corrected chi connectivity index (χ4v) is 6.13. The number of alkyl carbamates (subject to hydrolysis) is 1. The number of benzene rings is 4. The van der Waals surface area contributed by atoms with Gasteiger partial charge in [-0.05, 0) is 45.7 Å². The van der Waals surface area contributed by atoms with Crippen molar-refractivity contribution in [3.8, 4) is 11.1 Å². The molecule has 11 heteroatoms. The molecule has 0 bridgehead atoms. The van der Waals surface area contributed by atoms with Crippen molar-refractivity contribution < 1.29 is 33.4 Å². The van der Waals surface area contributed by atoms with Crippen molar-refractivity contribution in [1.82, 2.24) is 21.3 Å². The maximum absolute atomic E-state index is 13.6. The molecule has 1 aliphatic carbocycles. The second-order valence-corrected chi connectivity index (χ2v) is 13.0. The summed E-state index contributed by atoms with van der Waals surface area (Å²) in [6.07, 6.45) is -0.291. The van der Waals surface area contributed by atoms with E-state index in [4.69, 9.17) is 9.47 Å². The van der Waals surface area contributed by atoms with Crippen LogP contribution in [0.3, 0.4) is 0 Å². The number of carbonyl (C=O) groups is 5. The van der Waals surface area contributed by atoms with Crippen LogP contribution in [0.15, 0.2) is 109 Å². The highest BCUT2D eigenvalue weighted by Crippen LogP contribution is 2.44. The van der Waals surface area contributed by atoms with Crippen molar-refractivity contribution in [2.45, 2.75) is 51.3 Å². The maximum atomic E-state index is 13.6. The number of amides is 4. The molecule has 0 radical (unpaired) electrons. The lowest BCUT2D eigenvalue weighted by Crippen LogP contribution is -2.54. The van der Waals surface area contributed by atoms with Gasteiger partial charge in [0.25, 0.3) is 0 Å². The summed E-state index contributed by atoms with van der Waals surface area (Å²) in [6, 6.07) is 32.3. The van der Waals surface area contributed by atoms with Crippen molar-refractivity contribution >= 4 is 29.8 Å².